The molecule has 1 aliphatic heterocycles. The van der Waals surface area contributed by atoms with Crippen LogP contribution < -0.4 is 10.1 Å². The Hall–Kier alpha value is -0.620. The van der Waals surface area contributed by atoms with Crippen LogP contribution in [0.3, 0.4) is 0 Å². The summed E-state index contributed by atoms with van der Waals surface area (Å²) in [6.07, 6.45) is 0. The van der Waals surface area contributed by atoms with Gasteiger partial charge in [0.15, 0.2) is 0 Å². The zero-order valence-electron chi connectivity index (χ0n) is 11.3. The van der Waals surface area contributed by atoms with Gasteiger partial charge in [0.1, 0.15) is 18.2 Å². The second kappa shape index (κ2) is 9.34. The maximum Gasteiger partial charge on any atom is 0.126 e. The van der Waals surface area contributed by atoms with Crippen LogP contribution in [0, 0.1) is 5.82 Å². The van der Waals surface area contributed by atoms with Crippen molar-refractivity contribution >= 4 is 24.8 Å². The van der Waals surface area contributed by atoms with Crippen LogP contribution in [0.2, 0.25) is 0 Å². The summed E-state index contributed by atoms with van der Waals surface area (Å²) in [5, 5.41) is 3.23. The Bertz CT molecular complexity index is 404. The number of nitrogens with zero attached hydrogens (tertiary/aromatic N) is 1. The molecule has 0 unspecified atom stereocenters. The minimum Gasteiger partial charge on any atom is -0.496 e. The molecule has 0 saturated carbocycles. The lowest BCUT2D eigenvalue weighted by atomic mass is 10.0. The number of alkyl halides is 1. The third kappa shape index (κ3) is 4.45. The van der Waals surface area contributed by atoms with Gasteiger partial charge in [-0.2, -0.15) is 0 Å². The molecule has 0 aromatic heterocycles. The largest absolute Gasteiger partial charge is 0.496 e. The van der Waals surface area contributed by atoms with E-state index in [4.69, 9.17) is 4.74 Å². The molecule has 1 saturated heterocycles. The van der Waals surface area contributed by atoms with Crippen LogP contribution >= 0.6 is 24.8 Å². The second-order valence-electron chi connectivity index (χ2n) is 4.34. The van der Waals surface area contributed by atoms with Crippen LogP contribution in [0.25, 0.3) is 0 Å². The highest BCUT2D eigenvalue weighted by Gasteiger charge is 2.24. The highest BCUT2D eigenvalue weighted by Crippen LogP contribution is 2.30. The number of benzene rings is 1. The van der Waals surface area contributed by atoms with E-state index in [9.17, 15) is 8.78 Å². The van der Waals surface area contributed by atoms with Gasteiger partial charge in [-0.15, -0.1) is 24.8 Å². The topological polar surface area (TPSA) is 24.5 Å². The van der Waals surface area contributed by atoms with Crippen molar-refractivity contribution in [2.45, 2.75) is 6.04 Å². The van der Waals surface area contributed by atoms with Gasteiger partial charge in [-0.1, -0.05) is 6.07 Å². The molecule has 1 aliphatic rings. The van der Waals surface area contributed by atoms with Gasteiger partial charge in [-0.05, 0) is 6.07 Å². The molecule has 1 fully saturated rings. The molecule has 2 rings (SSSR count). The lowest BCUT2D eigenvalue weighted by Crippen LogP contribution is -2.45. The Morgan fingerprint density at radius 2 is 1.95 bits per heavy atom. The predicted molar refractivity (Wildman–Crippen MR) is 80.6 cm³/mol. The molecule has 116 valence electrons. The third-order valence-corrected chi connectivity index (χ3v) is 3.29. The first-order valence-electron chi connectivity index (χ1n) is 6.10. The number of ether oxygens (including phenoxy) is 1. The van der Waals surface area contributed by atoms with E-state index in [1.54, 1.807) is 6.07 Å². The molecule has 0 amide bonds. The summed E-state index contributed by atoms with van der Waals surface area (Å²) >= 11 is 0. The molecule has 1 atom stereocenters. The van der Waals surface area contributed by atoms with E-state index in [1.807, 2.05) is 0 Å². The van der Waals surface area contributed by atoms with Crippen molar-refractivity contribution in [2.24, 2.45) is 0 Å². The molecule has 1 aromatic rings. The highest BCUT2D eigenvalue weighted by molar-refractivity contribution is 5.85. The monoisotopic (exact) mass is 328 g/mol. The number of hydrogen-bond acceptors (Lipinski definition) is 3. The maximum absolute atomic E-state index is 13.3. The van der Waals surface area contributed by atoms with Crippen LogP contribution in [0.15, 0.2) is 18.2 Å². The van der Waals surface area contributed by atoms with Crippen LogP contribution in [0.1, 0.15) is 11.6 Å². The fourth-order valence-electron chi connectivity index (χ4n) is 2.33. The number of methoxy groups -OCH3 is 1. The normalized spacial score (nSPS) is 16.8. The lowest BCUT2D eigenvalue weighted by Gasteiger charge is -2.34. The summed E-state index contributed by atoms with van der Waals surface area (Å²) in [6.45, 7) is 2.77. The molecule has 0 spiro atoms. The number of nitrogens with one attached hydrogen (secondary N) is 1. The second-order valence-corrected chi connectivity index (χ2v) is 4.34. The van der Waals surface area contributed by atoms with E-state index in [1.165, 1.54) is 19.2 Å². The first-order valence-corrected chi connectivity index (χ1v) is 6.10. The zero-order chi connectivity index (χ0) is 13.0. The minimum absolute atomic E-state index is 0. The van der Waals surface area contributed by atoms with E-state index in [2.05, 4.69) is 10.2 Å². The van der Waals surface area contributed by atoms with E-state index >= 15 is 0 Å². The predicted octanol–water partition coefficient (Wildman–Crippen LogP) is 2.59. The fourth-order valence-corrected chi connectivity index (χ4v) is 2.33. The lowest BCUT2D eigenvalue weighted by molar-refractivity contribution is 0.145. The molecular formula is C13H20Cl2F2N2O. The van der Waals surface area contributed by atoms with E-state index < -0.39 is 6.67 Å². The summed E-state index contributed by atoms with van der Waals surface area (Å²) in [5.74, 6) is 0.0460. The average molecular weight is 329 g/mol. The van der Waals surface area contributed by atoms with Crippen molar-refractivity contribution in [3.8, 4) is 5.75 Å². The maximum atomic E-state index is 13.3. The van der Waals surface area contributed by atoms with E-state index in [-0.39, 0.29) is 36.7 Å². The third-order valence-electron chi connectivity index (χ3n) is 3.29. The SMILES string of the molecule is COc1cc(F)ccc1[C@@H](CF)N1CCNCC1.Cl.Cl. The van der Waals surface area contributed by atoms with Crippen LogP contribution in [0.4, 0.5) is 8.78 Å². The summed E-state index contributed by atoms with van der Waals surface area (Å²) < 4.78 is 31.6. The Morgan fingerprint density at radius 3 is 2.50 bits per heavy atom. The van der Waals surface area contributed by atoms with Gasteiger partial charge in [0.05, 0.1) is 13.2 Å². The van der Waals surface area contributed by atoms with Crippen molar-refractivity contribution in [1.82, 2.24) is 10.2 Å². The van der Waals surface area contributed by atoms with Crippen molar-refractivity contribution in [2.75, 3.05) is 40.0 Å². The quantitative estimate of drug-likeness (QED) is 0.919. The smallest absolute Gasteiger partial charge is 0.126 e. The Balaban J connectivity index is 0.00000180. The van der Waals surface area contributed by atoms with Crippen LogP contribution in [-0.2, 0) is 0 Å². The molecule has 0 aliphatic carbocycles. The molecule has 0 radical (unpaired) electrons. The van der Waals surface area contributed by atoms with Gasteiger partial charge in [-0.3, -0.25) is 4.90 Å². The number of rotatable bonds is 4. The highest BCUT2D eigenvalue weighted by atomic mass is 35.5. The standard InChI is InChI=1S/C13H18F2N2O.2ClH/c1-18-13-8-10(15)2-3-11(13)12(9-14)17-6-4-16-5-7-17;;/h2-3,8,12,16H,4-7,9H2,1H3;2*1H/t12-;;/m1../s1. The number of piperazine rings is 1. The Kier molecular flexibility index (Phi) is 9.05. The molecule has 3 nitrogen and oxygen atoms in total. The number of halogens is 4. The van der Waals surface area contributed by atoms with Crippen LogP contribution in [-0.4, -0.2) is 44.9 Å². The molecule has 20 heavy (non-hydrogen) atoms. The van der Waals surface area contributed by atoms with Gasteiger partial charge in [0.2, 0.25) is 0 Å². The van der Waals surface area contributed by atoms with Gasteiger partial charge in [0.25, 0.3) is 0 Å². The Morgan fingerprint density at radius 1 is 1.30 bits per heavy atom. The summed E-state index contributed by atoms with van der Waals surface area (Å²) in [4.78, 5) is 2.06. The first-order chi connectivity index (χ1) is 8.76. The van der Waals surface area contributed by atoms with Crippen molar-refractivity contribution < 1.29 is 13.5 Å². The van der Waals surface area contributed by atoms with Gasteiger partial charge < -0.3 is 10.1 Å². The number of hydrogen-bond donors (Lipinski definition) is 1. The molecule has 1 N–H and O–H groups in total. The first kappa shape index (κ1) is 19.4. The van der Waals surface area contributed by atoms with Gasteiger partial charge in [-0.25, -0.2) is 8.78 Å². The molecule has 7 heteroatoms. The minimum atomic E-state index is -0.498. The van der Waals surface area contributed by atoms with Crippen LogP contribution in [0.5, 0.6) is 5.75 Å². The fraction of sp³-hybridized carbons (Fsp3) is 0.538. The van der Waals surface area contributed by atoms with E-state index in [0.29, 0.717) is 11.3 Å². The Labute approximate surface area is 130 Å². The van der Waals surface area contributed by atoms with Gasteiger partial charge in [0, 0.05) is 37.8 Å². The summed E-state index contributed by atoms with van der Waals surface area (Å²) in [5.41, 5.74) is 0.711. The summed E-state index contributed by atoms with van der Waals surface area (Å²) in [6, 6.07) is 3.91. The molecule has 1 heterocycles. The van der Waals surface area contributed by atoms with Crippen molar-refractivity contribution in [1.29, 1.82) is 0 Å². The van der Waals surface area contributed by atoms with Gasteiger partial charge >= 0.3 is 0 Å². The molecular weight excluding hydrogens is 309 g/mol. The molecule has 0 bridgehead atoms. The van der Waals surface area contributed by atoms with Crippen molar-refractivity contribution in [3.63, 3.8) is 0 Å². The zero-order valence-corrected chi connectivity index (χ0v) is 12.9. The molecule has 1 aromatic carbocycles. The van der Waals surface area contributed by atoms with E-state index in [0.717, 1.165) is 26.2 Å². The van der Waals surface area contributed by atoms with Crippen molar-refractivity contribution in [3.05, 3.63) is 29.6 Å². The average Bonchev–Trinajstić information content (AvgIpc) is 2.42. The summed E-state index contributed by atoms with van der Waals surface area (Å²) in [7, 11) is 1.48.